The first kappa shape index (κ1) is 21.2. The van der Waals surface area contributed by atoms with Crippen LogP contribution in [0.2, 0.25) is 0 Å². The zero-order valence-corrected chi connectivity index (χ0v) is 17.0. The van der Waals surface area contributed by atoms with Gasteiger partial charge in [-0.2, -0.15) is 0 Å². The Morgan fingerprint density at radius 1 is 1.17 bits per heavy atom. The van der Waals surface area contributed by atoms with Crippen LogP contribution in [0.15, 0.2) is 35.3 Å². The third-order valence-corrected chi connectivity index (χ3v) is 3.90. The van der Waals surface area contributed by atoms with Crippen molar-refractivity contribution in [2.75, 3.05) is 52.5 Å². The summed E-state index contributed by atoms with van der Waals surface area (Å²) < 4.78 is 5.37. The van der Waals surface area contributed by atoms with E-state index in [1.54, 1.807) is 0 Å². The monoisotopic (exact) mass is 446 g/mol. The molecule has 1 aromatic rings. The van der Waals surface area contributed by atoms with E-state index < -0.39 is 0 Å². The highest BCUT2D eigenvalue weighted by Gasteiger charge is 2.09. The molecule has 0 bridgehead atoms. The van der Waals surface area contributed by atoms with E-state index in [-0.39, 0.29) is 24.0 Å². The Hall–Kier alpha value is -0.860. The van der Waals surface area contributed by atoms with Crippen LogP contribution in [-0.4, -0.2) is 63.3 Å². The van der Waals surface area contributed by atoms with E-state index in [2.05, 4.69) is 57.8 Å². The van der Waals surface area contributed by atoms with Crippen LogP contribution in [0.3, 0.4) is 0 Å². The number of halogens is 1. The Labute approximate surface area is 163 Å². The molecule has 0 saturated carbocycles. The first-order valence-corrected chi connectivity index (χ1v) is 8.74. The summed E-state index contributed by atoms with van der Waals surface area (Å²) in [6.07, 6.45) is 2.15. The molecule has 0 spiro atoms. The van der Waals surface area contributed by atoms with Crippen molar-refractivity contribution in [3.63, 3.8) is 0 Å². The second-order valence-electron chi connectivity index (χ2n) is 5.73. The van der Waals surface area contributed by atoms with E-state index in [4.69, 9.17) is 4.74 Å². The largest absolute Gasteiger partial charge is 0.379 e. The number of ether oxygens (including phenoxy) is 1. The highest BCUT2D eigenvalue weighted by atomic mass is 127. The summed E-state index contributed by atoms with van der Waals surface area (Å²) in [5.41, 5.74) is 1.38. The zero-order valence-electron chi connectivity index (χ0n) is 14.7. The average Bonchev–Trinajstić information content (AvgIpc) is 2.60. The number of nitrogens with one attached hydrogen (secondary N) is 2. The van der Waals surface area contributed by atoms with Crippen LogP contribution in [0.5, 0.6) is 0 Å². The minimum absolute atomic E-state index is 0. The molecule has 24 heavy (non-hydrogen) atoms. The van der Waals surface area contributed by atoms with Crippen molar-refractivity contribution in [3.05, 3.63) is 35.9 Å². The van der Waals surface area contributed by atoms with Crippen molar-refractivity contribution in [2.45, 2.75) is 19.8 Å². The minimum Gasteiger partial charge on any atom is -0.379 e. The standard InChI is InChI=1S/C18H30N4O.HI/c1-2-19-18(21-11-12-22-13-15-23-16-14-22)20-10-6-9-17-7-4-3-5-8-17;/h3-5,7-8H,2,6,9-16H2,1H3,(H2,19,20,21);1H. The molecule has 6 heteroatoms. The molecule has 2 N–H and O–H groups in total. The van der Waals surface area contributed by atoms with E-state index >= 15 is 0 Å². The summed E-state index contributed by atoms with van der Waals surface area (Å²) in [6.45, 7) is 9.58. The van der Waals surface area contributed by atoms with Crippen LogP contribution in [0.1, 0.15) is 18.9 Å². The van der Waals surface area contributed by atoms with Crippen LogP contribution < -0.4 is 10.6 Å². The third kappa shape index (κ3) is 8.84. The number of hydrogen-bond acceptors (Lipinski definition) is 3. The highest BCUT2D eigenvalue weighted by Crippen LogP contribution is 2.02. The predicted molar refractivity (Wildman–Crippen MR) is 111 cm³/mol. The lowest BCUT2D eigenvalue weighted by Gasteiger charge is -2.26. The van der Waals surface area contributed by atoms with Gasteiger partial charge in [-0.25, -0.2) is 0 Å². The van der Waals surface area contributed by atoms with Gasteiger partial charge in [-0.15, -0.1) is 24.0 Å². The average molecular weight is 446 g/mol. The summed E-state index contributed by atoms with van der Waals surface area (Å²) >= 11 is 0. The van der Waals surface area contributed by atoms with Crippen molar-refractivity contribution in [2.24, 2.45) is 4.99 Å². The lowest BCUT2D eigenvalue weighted by molar-refractivity contribution is 0.0389. The van der Waals surface area contributed by atoms with E-state index in [1.165, 1.54) is 5.56 Å². The van der Waals surface area contributed by atoms with Gasteiger partial charge in [-0.3, -0.25) is 9.89 Å². The number of rotatable bonds is 8. The van der Waals surface area contributed by atoms with Crippen LogP contribution in [0, 0.1) is 0 Å². The molecule has 0 amide bonds. The molecule has 2 rings (SSSR count). The summed E-state index contributed by atoms with van der Waals surface area (Å²) in [5.74, 6) is 0.925. The Balaban J connectivity index is 0.00000288. The van der Waals surface area contributed by atoms with Gasteiger partial charge in [0.2, 0.25) is 0 Å². The number of nitrogens with zero attached hydrogens (tertiary/aromatic N) is 2. The lowest BCUT2D eigenvalue weighted by atomic mass is 10.1. The summed E-state index contributed by atoms with van der Waals surface area (Å²) in [7, 11) is 0. The molecule has 0 atom stereocenters. The maximum Gasteiger partial charge on any atom is 0.191 e. The van der Waals surface area contributed by atoms with Crippen molar-refractivity contribution in [1.29, 1.82) is 0 Å². The maximum atomic E-state index is 5.37. The molecule has 0 aliphatic carbocycles. The predicted octanol–water partition coefficient (Wildman–Crippen LogP) is 2.12. The van der Waals surface area contributed by atoms with Gasteiger partial charge < -0.3 is 15.4 Å². The molecule has 1 aliphatic rings. The molecule has 1 aliphatic heterocycles. The molecule has 0 unspecified atom stereocenters. The van der Waals surface area contributed by atoms with Crippen LogP contribution in [0.25, 0.3) is 0 Å². The number of guanidine groups is 1. The van der Waals surface area contributed by atoms with Crippen molar-refractivity contribution in [3.8, 4) is 0 Å². The second kappa shape index (κ2) is 13.4. The highest BCUT2D eigenvalue weighted by molar-refractivity contribution is 14.0. The first-order chi connectivity index (χ1) is 11.4. The quantitative estimate of drug-likeness (QED) is 0.278. The summed E-state index contributed by atoms with van der Waals surface area (Å²) in [6, 6.07) is 10.6. The van der Waals surface area contributed by atoms with Gasteiger partial charge in [0.15, 0.2) is 5.96 Å². The zero-order chi connectivity index (χ0) is 16.2. The molecular weight excluding hydrogens is 415 g/mol. The van der Waals surface area contributed by atoms with Crippen LogP contribution in [-0.2, 0) is 11.2 Å². The topological polar surface area (TPSA) is 48.9 Å². The van der Waals surface area contributed by atoms with Gasteiger partial charge >= 0.3 is 0 Å². The van der Waals surface area contributed by atoms with Gasteiger partial charge in [0.1, 0.15) is 0 Å². The number of benzene rings is 1. The Morgan fingerprint density at radius 3 is 2.62 bits per heavy atom. The first-order valence-electron chi connectivity index (χ1n) is 8.74. The van der Waals surface area contributed by atoms with E-state index in [0.29, 0.717) is 0 Å². The third-order valence-electron chi connectivity index (χ3n) is 3.90. The molecule has 0 aromatic heterocycles. The van der Waals surface area contributed by atoms with E-state index in [1.807, 2.05) is 0 Å². The fourth-order valence-corrected chi connectivity index (χ4v) is 2.62. The maximum absolute atomic E-state index is 5.37. The normalized spacial score (nSPS) is 15.6. The van der Waals surface area contributed by atoms with E-state index in [9.17, 15) is 0 Å². The molecule has 1 saturated heterocycles. The fraction of sp³-hybridized carbons (Fsp3) is 0.611. The molecular formula is C18H31IN4O. The number of aryl methyl sites for hydroxylation is 1. The second-order valence-corrected chi connectivity index (χ2v) is 5.73. The van der Waals surface area contributed by atoms with Crippen molar-refractivity contribution >= 4 is 29.9 Å². The van der Waals surface area contributed by atoms with Gasteiger partial charge in [-0.05, 0) is 25.3 Å². The Morgan fingerprint density at radius 2 is 1.92 bits per heavy atom. The van der Waals surface area contributed by atoms with Crippen LogP contribution in [0.4, 0.5) is 0 Å². The van der Waals surface area contributed by atoms with Crippen molar-refractivity contribution in [1.82, 2.24) is 15.5 Å². The van der Waals surface area contributed by atoms with Gasteiger partial charge in [-0.1, -0.05) is 30.3 Å². The molecule has 1 heterocycles. The van der Waals surface area contributed by atoms with E-state index in [0.717, 1.165) is 71.3 Å². The lowest BCUT2D eigenvalue weighted by Crippen LogP contribution is -2.44. The Kier molecular flexibility index (Phi) is 11.9. The summed E-state index contributed by atoms with van der Waals surface area (Å²) in [4.78, 5) is 7.09. The number of morpholine rings is 1. The smallest absolute Gasteiger partial charge is 0.191 e. The SMILES string of the molecule is CCNC(=NCCCc1ccccc1)NCCN1CCOCC1.I. The molecule has 1 aromatic carbocycles. The van der Waals surface area contributed by atoms with Gasteiger partial charge in [0.05, 0.1) is 13.2 Å². The number of hydrogen-bond donors (Lipinski definition) is 2. The Bertz CT molecular complexity index is 450. The molecule has 136 valence electrons. The van der Waals surface area contributed by atoms with Crippen molar-refractivity contribution < 1.29 is 4.74 Å². The molecule has 0 radical (unpaired) electrons. The minimum atomic E-state index is 0. The molecule has 1 fully saturated rings. The number of aliphatic imine (C=N–C) groups is 1. The van der Waals surface area contributed by atoms with Gasteiger partial charge in [0, 0.05) is 39.3 Å². The molecule has 5 nitrogen and oxygen atoms in total. The summed E-state index contributed by atoms with van der Waals surface area (Å²) in [5, 5.41) is 6.74. The van der Waals surface area contributed by atoms with Crippen LogP contribution >= 0.6 is 24.0 Å². The fourth-order valence-electron chi connectivity index (χ4n) is 2.62. The van der Waals surface area contributed by atoms with Gasteiger partial charge in [0.25, 0.3) is 0 Å².